The summed E-state index contributed by atoms with van der Waals surface area (Å²) in [5, 5.41) is 15.8. The number of amides is 1. The predicted octanol–water partition coefficient (Wildman–Crippen LogP) is -0.950. The molecule has 0 saturated carbocycles. The second kappa shape index (κ2) is 4.01. The van der Waals surface area contributed by atoms with E-state index < -0.39 is 0 Å². The molecule has 0 aliphatic carbocycles. The third kappa shape index (κ3) is 2.00. The SMILES string of the molecule is Cn1cc(N)cc1C(=O)NCc1nn[nH]n1. The van der Waals surface area contributed by atoms with Gasteiger partial charge in [-0.25, -0.2) is 0 Å². The maximum Gasteiger partial charge on any atom is 0.268 e. The van der Waals surface area contributed by atoms with E-state index in [2.05, 4.69) is 25.9 Å². The van der Waals surface area contributed by atoms with Gasteiger partial charge in [0.05, 0.1) is 12.2 Å². The van der Waals surface area contributed by atoms with Gasteiger partial charge in [-0.05, 0) is 6.07 Å². The van der Waals surface area contributed by atoms with Crippen LogP contribution in [0.5, 0.6) is 0 Å². The zero-order valence-corrected chi connectivity index (χ0v) is 8.64. The maximum absolute atomic E-state index is 11.7. The summed E-state index contributed by atoms with van der Waals surface area (Å²) in [6.07, 6.45) is 1.67. The molecule has 2 heterocycles. The van der Waals surface area contributed by atoms with Gasteiger partial charge in [0.25, 0.3) is 5.91 Å². The Morgan fingerprint density at radius 1 is 1.69 bits per heavy atom. The summed E-state index contributed by atoms with van der Waals surface area (Å²) in [7, 11) is 1.75. The predicted molar refractivity (Wildman–Crippen MR) is 55.2 cm³/mol. The number of rotatable bonds is 3. The highest BCUT2D eigenvalue weighted by atomic mass is 16.1. The summed E-state index contributed by atoms with van der Waals surface area (Å²) >= 11 is 0. The number of aromatic amines is 1. The van der Waals surface area contributed by atoms with Crippen molar-refractivity contribution >= 4 is 11.6 Å². The summed E-state index contributed by atoms with van der Waals surface area (Å²) in [4.78, 5) is 11.7. The molecule has 0 saturated heterocycles. The molecule has 8 heteroatoms. The quantitative estimate of drug-likeness (QED) is 0.618. The lowest BCUT2D eigenvalue weighted by Crippen LogP contribution is -2.25. The van der Waals surface area contributed by atoms with E-state index in [1.807, 2.05) is 0 Å². The molecule has 0 atom stereocenters. The van der Waals surface area contributed by atoms with Crippen LogP contribution in [0.4, 0.5) is 5.69 Å². The van der Waals surface area contributed by atoms with Crippen LogP contribution in [0, 0.1) is 0 Å². The Balaban J connectivity index is 2.01. The Bertz CT molecular complexity index is 486. The maximum atomic E-state index is 11.7. The molecule has 0 unspecified atom stereocenters. The minimum absolute atomic E-state index is 0.223. The summed E-state index contributed by atoms with van der Waals surface area (Å²) in [6, 6.07) is 1.60. The van der Waals surface area contributed by atoms with Crippen molar-refractivity contribution in [3.63, 3.8) is 0 Å². The molecule has 0 aliphatic heterocycles. The highest BCUT2D eigenvalue weighted by molar-refractivity contribution is 5.93. The molecule has 8 nitrogen and oxygen atoms in total. The molecular weight excluding hydrogens is 210 g/mol. The number of nitrogens with zero attached hydrogens (tertiary/aromatic N) is 4. The van der Waals surface area contributed by atoms with Gasteiger partial charge in [-0.3, -0.25) is 4.79 Å². The Hall–Kier alpha value is -2.38. The van der Waals surface area contributed by atoms with E-state index in [1.165, 1.54) is 0 Å². The number of carbonyl (C=O) groups is 1. The van der Waals surface area contributed by atoms with Crippen LogP contribution in [0.25, 0.3) is 0 Å². The lowest BCUT2D eigenvalue weighted by atomic mass is 10.4. The topological polar surface area (TPSA) is 115 Å². The molecule has 0 aliphatic rings. The van der Waals surface area contributed by atoms with E-state index in [0.717, 1.165) is 0 Å². The molecule has 0 radical (unpaired) electrons. The van der Waals surface area contributed by atoms with Crippen LogP contribution in [-0.2, 0) is 13.6 Å². The van der Waals surface area contributed by atoms with Crippen LogP contribution in [0.2, 0.25) is 0 Å². The first-order valence-corrected chi connectivity index (χ1v) is 4.59. The van der Waals surface area contributed by atoms with Gasteiger partial charge < -0.3 is 15.6 Å². The third-order valence-corrected chi connectivity index (χ3v) is 2.06. The Kier molecular flexibility index (Phi) is 2.54. The molecule has 2 aromatic heterocycles. The van der Waals surface area contributed by atoms with Crippen LogP contribution in [-0.4, -0.2) is 31.1 Å². The number of hydrogen-bond acceptors (Lipinski definition) is 5. The Morgan fingerprint density at radius 3 is 3.06 bits per heavy atom. The fourth-order valence-electron chi connectivity index (χ4n) is 1.32. The number of nitrogen functional groups attached to an aromatic ring is 1. The summed E-state index contributed by atoms with van der Waals surface area (Å²) in [6.45, 7) is 0.223. The molecule has 2 rings (SSSR count). The van der Waals surface area contributed by atoms with E-state index in [9.17, 15) is 4.79 Å². The van der Waals surface area contributed by atoms with Gasteiger partial charge in [-0.2, -0.15) is 5.21 Å². The van der Waals surface area contributed by atoms with Crippen LogP contribution in [0.3, 0.4) is 0 Å². The standard InChI is InChI=1S/C8H11N7O/c1-15-4-5(9)2-6(15)8(16)10-3-7-11-13-14-12-7/h2,4H,3,9H2,1H3,(H,10,16)(H,11,12,13,14). The van der Waals surface area contributed by atoms with Crippen LogP contribution in [0.15, 0.2) is 12.3 Å². The number of aryl methyl sites for hydroxylation is 1. The van der Waals surface area contributed by atoms with Crippen molar-refractivity contribution in [1.82, 2.24) is 30.5 Å². The minimum Gasteiger partial charge on any atom is -0.397 e. The van der Waals surface area contributed by atoms with Gasteiger partial charge in [0, 0.05) is 13.2 Å². The van der Waals surface area contributed by atoms with Crippen molar-refractivity contribution in [1.29, 1.82) is 0 Å². The zero-order valence-electron chi connectivity index (χ0n) is 8.64. The molecule has 84 valence electrons. The summed E-state index contributed by atoms with van der Waals surface area (Å²) in [5.74, 6) is 0.194. The van der Waals surface area contributed by atoms with E-state index >= 15 is 0 Å². The lowest BCUT2D eigenvalue weighted by molar-refractivity contribution is 0.0942. The second-order valence-corrected chi connectivity index (χ2v) is 3.28. The van der Waals surface area contributed by atoms with Crippen molar-refractivity contribution in [3.05, 3.63) is 23.8 Å². The molecule has 0 bridgehead atoms. The first kappa shape index (κ1) is 10.1. The number of aromatic nitrogens is 5. The van der Waals surface area contributed by atoms with Gasteiger partial charge in [-0.15, -0.1) is 10.2 Å². The first-order chi connectivity index (χ1) is 7.66. The number of nitrogens with two attached hydrogens (primary N) is 1. The number of nitrogens with one attached hydrogen (secondary N) is 2. The molecule has 0 spiro atoms. The van der Waals surface area contributed by atoms with Gasteiger partial charge in [0.1, 0.15) is 5.69 Å². The molecule has 2 aromatic rings. The third-order valence-electron chi connectivity index (χ3n) is 2.06. The van der Waals surface area contributed by atoms with E-state index in [-0.39, 0.29) is 12.5 Å². The van der Waals surface area contributed by atoms with E-state index in [0.29, 0.717) is 17.2 Å². The smallest absolute Gasteiger partial charge is 0.268 e. The molecule has 0 aromatic carbocycles. The average Bonchev–Trinajstić information content (AvgIpc) is 2.84. The number of anilines is 1. The normalized spacial score (nSPS) is 10.3. The van der Waals surface area contributed by atoms with Gasteiger partial charge in [0.2, 0.25) is 0 Å². The number of tetrazole rings is 1. The first-order valence-electron chi connectivity index (χ1n) is 4.59. The molecule has 4 N–H and O–H groups in total. The van der Waals surface area contributed by atoms with Crippen molar-refractivity contribution in [2.75, 3.05) is 5.73 Å². The largest absolute Gasteiger partial charge is 0.397 e. The fraction of sp³-hybridized carbons (Fsp3) is 0.250. The van der Waals surface area contributed by atoms with Crippen molar-refractivity contribution < 1.29 is 4.79 Å². The second-order valence-electron chi connectivity index (χ2n) is 3.28. The molecule has 16 heavy (non-hydrogen) atoms. The number of hydrogen-bond donors (Lipinski definition) is 3. The number of carbonyl (C=O) groups excluding carboxylic acids is 1. The number of H-pyrrole nitrogens is 1. The zero-order chi connectivity index (χ0) is 11.5. The Labute approximate surface area is 90.8 Å². The van der Waals surface area contributed by atoms with Gasteiger partial charge >= 0.3 is 0 Å². The fourth-order valence-corrected chi connectivity index (χ4v) is 1.32. The molecule has 1 amide bonds. The van der Waals surface area contributed by atoms with Gasteiger partial charge in [0.15, 0.2) is 5.82 Å². The highest BCUT2D eigenvalue weighted by Crippen LogP contribution is 2.08. The molecular formula is C8H11N7O. The van der Waals surface area contributed by atoms with Gasteiger partial charge in [-0.1, -0.05) is 5.21 Å². The highest BCUT2D eigenvalue weighted by Gasteiger charge is 2.11. The summed E-state index contributed by atoms with van der Waals surface area (Å²) in [5.41, 5.74) is 6.60. The monoisotopic (exact) mass is 221 g/mol. The van der Waals surface area contributed by atoms with Crippen LogP contribution in [0.1, 0.15) is 16.3 Å². The van der Waals surface area contributed by atoms with Crippen LogP contribution < -0.4 is 11.1 Å². The van der Waals surface area contributed by atoms with E-state index in [1.54, 1.807) is 23.9 Å². The minimum atomic E-state index is -0.232. The van der Waals surface area contributed by atoms with Crippen molar-refractivity contribution in [3.8, 4) is 0 Å². The van der Waals surface area contributed by atoms with Crippen molar-refractivity contribution in [2.45, 2.75) is 6.54 Å². The average molecular weight is 221 g/mol. The van der Waals surface area contributed by atoms with Crippen LogP contribution >= 0.6 is 0 Å². The summed E-state index contributed by atoms with van der Waals surface area (Å²) < 4.78 is 1.65. The van der Waals surface area contributed by atoms with Crippen molar-refractivity contribution in [2.24, 2.45) is 7.05 Å². The van der Waals surface area contributed by atoms with E-state index in [4.69, 9.17) is 5.73 Å². The Morgan fingerprint density at radius 2 is 2.50 bits per heavy atom. The lowest BCUT2D eigenvalue weighted by Gasteiger charge is -2.02. The molecule has 0 fully saturated rings.